The molecule has 0 bridgehead atoms. The lowest BCUT2D eigenvalue weighted by Gasteiger charge is -2.30. The van der Waals surface area contributed by atoms with Crippen LogP contribution in [-0.4, -0.2) is 31.9 Å². The third kappa shape index (κ3) is 2.97. The summed E-state index contributed by atoms with van der Waals surface area (Å²) in [6.07, 6.45) is 2.18. The maximum Gasteiger partial charge on any atom is 0.120 e. The Kier molecular flexibility index (Phi) is 4.87. The molecule has 2 rings (SSSR count). The second-order valence-electron chi connectivity index (χ2n) is 4.76. The first-order chi connectivity index (χ1) is 8.76. The summed E-state index contributed by atoms with van der Waals surface area (Å²) < 4.78 is 5.15. The molecule has 1 unspecified atom stereocenters. The average Bonchev–Trinajstić information content (AvgIpc) is 2.42. The molecule has 0 aromatic heterocycles. The summed E-state index contributed by atoms with van der Waals surface area (Å²) in [7, 11) is 1.63. The fraction of sp³-hybridized carbons (Fsp3) is 0.571. The predicted molar refractivity (Wildman–Crippen MR) is 73.4 cm³/mol. The van der Waals surface area contributed by atoms with Crippen molar-refractivity contribution in [2.24, 2.45) is 5.92 Å². The van der Waals surface area contributed by atoms with Crippen molar-refractivity contribution in [1.29, 1.82) is 0 Å². The van der Waals surface area contributed by atoms with Gasteiger partial charge in [-0.15, -0.1) is 0 Å². The second-order valence-corrected chi connectivity index (χ2v) is 5.17. The highest BCUT2D eigenvalue weighted by molar-refractivity contribution is 6.31. The highest BCUT2D eigenvalue weighted by Crippen LogP contribution is 2.36. The molecule has 0 saturated carbocycles. The van der Waals surface area contributed by atoms with E-state index in [4.69, 9.17) is 16.3 Å². The minimum Gasteiger partial charge on any atom is -0.497 e. The van der Waals surface area contributed by atoms with Gasteiger partial charge in [0.2, 0.25) is 0 Å². The molecule has 1 aromatic rings. The van der Waals surface area contributed by atoms with E-state index in [1.165, 1.54) is 0 Å². The zero-order valence-corrected chi connectivity index (χ0v) is 11.4. The Morgan fingerprint density at radius 2 is 2.17 bits per heavy atom. The van der Waals surface area contributed by atoms with Gasteiger partial charge in [-0.2, -0.15) is 0 Å². The Morgan fingerprint density at radius 3 is 2.72 bits per heavy atom. The van der Waals surface area contributed by atoms with Crippen LogP contribution in [0.4, 0.5) is 0 Å². The number of aliphatic hydroxyl groups excluding tert-OH is 1. The Bertz CT molecular complexity index is 391. The van der Waals surface area contributed by atoms with Crippen LogP contribution in [0.15, 0.2) is 18.2 Å². The van der Waals surface area contributed by atoms with Crippen LogP contribution in [0, 0.1) is 5.92 Å². The van der Waals surface area contributed by atoms with Gasteiger partial charge in [0.05, 0.1) is 13.7 Å². The van der Waals surface area contributed by atoms with Crippen LogP contribution in [0.1, 0.15) is 24.3 Å². The monoisotopic (exact) mass is 269 g/mol. The Balaban J connectivity index is 2.20. The van der Waals surface area contributed by atoms with Crippen molar-refractivity contribution in [3.05, 3.63) is 28.8 Å². The lowest BCUT2D eigenvalue weighted by Crippen LogP contribution is -2.32. The van der Waals surface area contributed by atoms with E-state index in [-0.39, 0.29) is 12.5 Å². The van der Waals surface area contributed by atoms with Crippen LogP contribution in [0.2, 0.25) is 5.02 Å². The molecule has 1 saturated heterocycles. The summed E-state index contributed by atoms with van der Waals surface area (Å²) in [6, 6.07) is 5.70. The number of nitrogens with one attached hydrogen (secondary N) is 1. The lowest BCUT2D eigenvalue weighted by atomic mass is 9.81. The van der Waals surface area contributed by atoms with Crippen LogP contribution >= 0.6 is 11.6 Å². The van der Waals surface area contributed by atoms with Crippen molar-refractivity contribution in [3.8, 4) is 5.75 Å². The van der Waals surface area contributed by atoms with E-state index in [1.54, 1.807) is 7.11 Å². The zero-order chi connectivity index (χ0) is 13.0. The third-order valence-electron chi connectivity index (χ3n) is 3.76. The van der Waals surface area contributed by atoms with E-state index >= 15 is 0 Å². The van der Waals surface area contributed by atoms with Crippen LogP contribution < -0.4 is 10.1 Å². The fourth-order valence-electron chi connectivity index (χ4n) is 2.68. The molecule has 0 amide bonds. The minimum absolute atomic E-state index is 0.130. The first-order valence-corrected chi connectivity index (χ1v) is 6.79. The molecule has 0 radical (unpaired) electrons. The van der Waals surface area contributed by atoms with Crippen molar-refractivity contribution in [2.75, 3.05) is 26.8 Å². The van der Waals surface area contributed by atoms with E-state index in [2.05, 4.69) is 5.32 Å². The summed E-state index contributed by atoms with van der Waals surface area (Å²) >= 11 is 6.29. The second kappa shape index (κ2) is 6.41. The van der Waals surface area contributed by atoms with Crippen LogP contribution in [-0.2, 0) is 0 Å². The van der Waals surface area contributed by atoms with Gasteiger partial charge in [-0.25, -0.2) is 0 Å². The van der Waals surface area contributed by atoms with E-state index in [9.17, 15) is 5.11 Å². The van der Waals surface area contributed by atoms with Gasteiger partial charge in [0.25, 0.3) is 0 Å². The topological polar surface area (TPSA) is 41.5 Å². The molecule has 1 heterocycles. The lowest BCUT2D eigenvalue weighted by molar-refractivity contribution is 0.201. The number of benzene rings is 1. The molecule has 2 N–H and O–H groups in total. The van der Waals surface area contributed by atoms with Crippen LogP contribution in [0.25, 0.3) is 0 Å². The van der Waals surface area contributed by atoms with Crippen LogP contribution in [0.3, 0.4) is 0 Å². The van der Waals surface area contributed by atoms with Gasteiger partial charge in [-0.1, -0.05) is 17.7 Å². The molecule has 1 atom stereocenters. The van der Waals surface area contributed by atoms with Crippen molar-refractivity contribution >= 4 is 11.6 Å². The molecule has 0 spiro atoms. The van der Waals surface area contributed by atoms with Gasteiger partial charge in [0, 0.05) is 10.9 Å². The number of halogens is 1. The highest BCUT2D eigenvalue weighted by Gasteiger charge is 2.26. The number of hydrogen-bond acceptors (Lipinski definition) is 3. The molecule has 1 aromatic carbocycles. The smallest absolute Gasteiger partial charge is 0.120 e. The third-order valence-corrected chi connectivity index (χ3v) is 4.08. The number of piperidine rings is 1. The van der Waals surface area contributed by atoms with Gasteiger partial charge in [-0.05, 0) is 49.5 Å². The maximum absolute atomic E-state index is 9.67. The fourth-order valence-corrected chi connectivity index (χ4v) is 2.99. The van der Waals surface area contributed by atoms with Gasteiger partial charge < -0.3 is 15.2 Å². The van der Waals surface area contributed by atoms with Crippen molar-refractivity contribution < 1.29 is 9.84 Å². The summed E-state index contributed by atoms with van der Waals surface area (Å²) in [5, 5.41) is 13.7. The van der Waals surface area contributed by atoms with E-state index in [0.717, 1.165) is 37.2 Å². The number of ether oxygens (including phenoxy) is 1. The number of methoxy groups -OCH3 is 1. The quantitative estimate of drug-likeness (QED) is 0.882. The normalized spacial score (nSPS) is 18.6. The molecule has 3 nitrogen and oxygen atoms in total. The molecular weight excluding hydrogens is 250 g/mol. The summed E-state index contributed by atoms with van der Waals surface area (Å²) in [5.74, 6) is 1.39. The summed E-state index contributed by atoms with van der Waals surface area (Å²) in [5.41, 5.74) is 1.03. The van der Waals surface area contributed by atoms with E-state index in [0.29, 0.717) is 10.9 Å². The minimum atomic E-state index is 0.130. The van der Waals surface area contributed by atoms with Gasteiger partial charge in [-0.3, -0.25) is 0 Å². The SMILES string of the molecule is COc1ccc(C(CO)C2CCNCC2)c(Cl)c1. The first kappa shape index (κ1) is 13.7. The molecular formula is C14H20ClNO2. The largest absolute Gasteiger partial charge is 0.497 e. The first-order valence-electron chi connectivity index (χ1n) is 6.41. The molecule has 4 heteroatoms. The standard InChI is InChI=1S/C14H20ClNO2/c1-18-11-2-3-12(14(15)8-11)13(9-17)10-4-6-16-7-5-10/h2-3,8,10,13,16-17H,4-7,9H2,1H3. The number of aliphatic hydroxyl groups is 1. The molecule has 100 valence electrons. The van der Waals surface area contributed by atoms with Crippen LogP contribution in [0.5, 0.6) is 5.75 Å². The van der Waals surface area contributed by atoms with E-state index in [1.807, 2.05) is 18.2 Å². The van der Waals surface area contributed by atoms with Gasteiger partial charge in [0.15, 0.2) is 0 Å². The van der Waals surface area contributed by atoms with Gasteiger partial charge in [0.1, 0.15) is 5.75 Å². The molecule has 1 fully saturated rings. The molecule has 1 aliphatic heterocycles. The van der Waals surface area contributed by atoms with E-state index < -0.39 is 0 Å². The molecule has 0 aliphatic carbocycles. The Labute approximate surface area is 113 Å². The van der Waals surface area contributed by atoms with Crippen molar-refractivity contribution in [1.82, 2.24) is 5.32 Å². The average molecular weight is 270 g/mol. The maximum atomic E-state index is 9.67. The predicted octanol–water partition coefficient (Wildman–Crippen LogP) is 2.42. The number of hydrogen-bond donors (Lipinski definition) is 2. The van der Waals surface area contributed by atoms with Crippen molar-refractivity contribution in [3.63, 3.8) is 0 Å². The zero-order valence-electron chi connectivity index (χ0n) is 10.7. The van der Waals surface area contributed by atoms with Crippen molar-refractivity contribution in [2.45, 2.75) is 18.8 Å². The summed E-state index contributed by atoms with van der Waals surface area (Å²) in [4.78, 5) is 0. The Morgan fingerprint density at radius 1 is 1.44 bits per heavy atom. The number of rotatable bonds is 4. The molecule has 1 aliphatic rings. The van der Waals surface area contributed by atoms with Gasteiger partial charge >= 0.3 is 0 Å². The Hall–Kier alpha value is -0.770. The molecule has 18 heavy (non-hydrogen) atoms. The summed E-state index contributed by atoms with van der Waals surface area (Å²) in [6.45, 7) is 2.20. The highest BCUT2D eigenvalue weighted by atomic mass is 35.5.